The summed E-state index contributed by atoms with van der Waals surface area (Å²) in [5.74, 6) is 0.848. The number of nitrogens with zero attached hydrogens (tertiary/aromatic N) is 2. The lowest BCUT2D eigenvalue weighted by atomic mass is 10.1. The summed E-state index contributed by atoms with van der Waals surface area (Å²) in [5, 5.41) is 0. The van der Waals surface area contributed by atoms with Gasteiger partial charge in [-0.25, -0.2) is 0 Å². The van der Waals surface area contributed by atoms with Gasteiger partial charge in [-0.05, 0) is 37.5 Å². The Morgan fingerprint density at radius 3 is 2.48 bits per heavy atom. The lowest BCUT2D eigenvalue weighted by Gasteiger charge is -2.33. The quantitative estimate of drug-likeness (QED) is 0.817. The molecule has 0 aromatic heterocycles. The molecule has 0 saturated carbocycles. The zero-order valence-corrected chi connectivity index (χ0v) is 15.3. The van der Waals surface area contributed by atoms with Crippen LogP contribution in [0.3, 0.4) is 0 Å². The van der Waals surface area contributed by atoms with Crippen molar-refractivity contribution in [2.24, 2.45) is 0 Å². The molecule has 0 bridgehead atoms. The molecule has 1 aromatic rings. The van der Waals surface area contributed by atoms with Gasteiger partial charge in [0, 0.05) is 26.7 Å². The van der Waals surface area contributed by atoms with Crippen LogP contribution in [-0.2, 0) is 21.5 Å². The molecule has 1 fully saturated rings. The largest absolute Gasteiger partial charge is 0.496 e. The fourth-order valence-corrected chi connectivity index (χ4v) is 4.40. The Morgan fingerprint density at radius 1 is 1.35 bits per heavy atom. The molecule has 1 heterocycles. The average molecular weight is 342 g/mol. The Kier molecular flexibility index (Phi) is 5.67. The first-order valence-electron chi connectivity index (χ1n) is 7.72. The van der Waals surface area contributed by atoms with Crippen molar-refractivity contribution in [1.29, 1.82) is 0 Å². The van der Waals surface area contributed by atoms with Crippen LogP contribution in [-0.4, -0.2) is 57.0 Å². The van der Waals surface area contributed by atoms with Crippen molar-refractivity contribution in [2.75, 3.05) is 33.9 Å². The van der Waals surface area contributed by atoms with E-state index < -0.39 is 10.2 Å². The maximum absolute atomic E-state index is 12.7. The van der Waals surface area contributed by atoms with Gasteiger partial charge in [0.2, 0.25) is 0 Å². The van der Waals surface area contributed by atoms with Gasteiger partial charge in [0.1, 0.15) is 5.75 Å². The highest BCUT2D eigenvalue weighted by Gasteiger charge is 2.31. The Hall–Kier alpha value is -1.15. The number of hydrogen-bond acceptors (Lipinski definition) is 4. The molecule has 0 radical (unpaired) electrons. The van der Waals surface area contributed by atoms with Crippen LogP contribution in [0.5, 0.6) is 5.75 Å². The van der Waals surface area contributed by atoms with Crippen molar-refractivity contribution in [1.82, 2.24) is 8.61 Å². The van der Waals surface area contributed by atoms with Gasteiger partial charge in [0.05, 0.1) is 19.8 Å². The molecular weight excluding hydrogens is 316 g/mol. The summed E-state index contributed by atoms with van der Waals surface area (Å²) in [7, 11) is -0.220. The fourth-order valence-electron chi connectivity index (χ4n) is 2.99. The van der Waals surface area contributed by atoms with Gasteiger partial charge in [-0.3, -0.25) is 0 Å². The number of methoxy groups -OCH3 is 1. The summed E-state index contributed by atoms with van der Waals surface area (Å²) >= 11 is 0. The molecule has 1 atom stereocenters. The molecule has 0 unspecified atom stereocenters. The lowest BCUT2D eigenvalue weighted by Crippen LogP contribution is -2.49. The number of aryl methyl sites for hydroxylation is 2. The van der Waals surface area contributed by atoms with Crippen molar-refractivity contribution < 1.29 is 17.9 Å². The minimum atomic E-state index is -3.48. The average Bonchev–Trinajstić information content (AvgIpc) is 2.46. The van der Waals surface area contributed by atoms with E-state index in [1.54, 1.807) is 14.2 Å². The summed E-state index contributed by atoms with van der Waals surface area (Å²) in [4.78, 5) is 0. The van der Waals surface area contributed by atoms with Crippen LogP contribution in [0.2, 0.25) is 0 Å². The first-order valence-corrected chi connectivity index (χ1v) is 9.12. The lowest BCUT2D eigenvalue weighted by molar-refractivity contribution is 0.00846. The number of hydrogen-bond donors (Lipinski definition) is 0. The summed E-state index contributed by atoms with van der Waals surface area (Å²) in [6, 6.07) is 3.94. The van der Waals surface area contributed by atoms with Gasteiger partial charge in [-0.15, -0.1) is 0 Å². The molecule has 0 amide bonds. The van der Waals surface area contributed by atoms with Crippen molar-refractivity contribution in [3.8, 4) is 5.75 Å². The smallest absolute Gasteiger partial charge is 0.282 e. The molecule has 23 heavy (non-hydrogen) atoms. The van der Waals surface area contributed by atoms with E-state index in [2.05, 4.69) is 0 Å². The van der Waals surface area contributed by atoms with E-state index in [1.165, 1.54) is 8.61 Å². The Balaban J connectivity index is 2.16. The second-order valence-corrected chi connectivity index (χ2v) is 8.10. The van der Waals surface area contributed by atoms with Gasteiger partial charge < -0.3 is 9.47 Å². The third-order valence-electron chi connectivity index (χ3n) is 4.05. The predicted octanol–water partition coefficient (Wildman–Crippen LogP) is 1.71. The van der Waals surface area contributed by atoms with Gasteiger partial charge in [-0.2, -0.15) is 17.0 Å². The number of ether oxygens (including phenoxy) is 2. The third kappa shape index (κ3) is 4.03. The summed E-state index contributed by atoms with van der Waals surface area (Å²) in [5.41, 5.74) is 2.97. The fraction of sp³-hybridized carbons (Fsp3) is 0.625. The van der Waals surface area contributed by atoms with Crippen molar-refractivity contribution >= 4 is 10.2 Å². The van der Waals surface area contributed by atoms with Crippen LogP contribution in [0.1, 0.15) is 23.6 Å². The molecule has 7 heteroatoms. The second kappa shape index (κ2) is 7.17. The standard InChI is InChI=1S/C16H26N2O4S/c1-12-8-15(9-13(2)16(12)21-5)11-17(4)23(19,20)18-6-7-22-14(3)10-18/h8-9,14H,6-7,10-11H2,1-5H3/t14-/m0/s1. The highest BCUT2D eigenvalue weighted by molar-refractivity contribution is 7.86. The SMILES string of the molecule is COc1c(C)cc(CN(C)S(=O)(=O)N2CCO[C@@H](C)C2)cc1C. The van der Waals surface area contributed by atoms with E-state index in [0.717, 1.165) is 22.4 Å². The molecular formula is C16H26N2O4S. The summed E-state index contributed by atoms with van der Waals surface area (Å²) in [6.45, 7) is 7.39. The highest BCUT2D eigenvalue weighted by atomic mass is 32.2. The molecule has 2 rings (SSSR count). The van der Waals surface area contributed by atoms with Crippen LogP contribution in [0.15, 0.2) is 12.1 Å². The van der Waals surface area contributed by atoms with E-state index in [1.807, 2.05) is 32.9 Å². The van der Waals surface area contributed by atoms with Crippen molar-refractivity contribution in [3.63, 3.8) is 0 Å². The zero-order valence-electron chi connectivity index (χ0n) is 14.5. The van der Waals surface area contributed by atoms with E-state index >= 15 is 0 Å². The molecule has 130 valence electrons. The van der Waals surface area contributed by atoms with Crippen LogP contribution in [0, 0.1) is 13.8 Å². The molecule has 1 aromatic carbocycles. The molecule has 0 aliphatic carbocycles. The topological polar surface area (TPSA) is 59.1 Å². The first kappa shape index (κ1) is 18.2. The zero-order chi connectivity index (χ0) is 17.2. The molecule has 1 saturated heterocycles. The minimum absolute atomic E-state index is 0.0719. The van der Waals surface area contributed by atoms with Crippen LogP contribution in [0.25, 0.3) is 0 Å². The van der Waals surface area contributed by atoms with Gasteiger partial charge in [0.25, 0.3) is 10.2 Å². The van der Waals surface area contributed by atoms with Crippen LogP contribution >= 0.6 is 0 Å². The number of morpholine rings is 1. The molecule has 6 nitrogen and oxygen atoms in total. The van der Waals surface area contributed by atoms with Gasteiger partial charge >= 0.3 is 0 Å². The maximum Gasteiger partial charge on any atom is 0.282 e. The molecule has 1 aliphatic heterocycles. The van der Waals surface area contributed by atoms with Crippen LogP contribution in [0.4, 0.5) is 0 Å². The molecule has 1 aliphatic rings. The third-order valence-corrected chi connectivity index (χ3v) is 5.95. The van der Waals surface area contributed by atoms with E-state index in [4.69, 9.17) is 9.47 Å². The molecule has 0 N–H and O–H groups in total. The minimum Gasteiger partial charge on any atom is -0.496 e. The van der Waals surface area contributed by atoms with E-state index in [0.29, 0.717) is 26.2 Å². The second-order valence-electron chi connectivity index (χ2n) is 6.07. The van der Waals surface area contributed by atoms with Crippen LogP contribution < -0.4 is 4.74 Å². The Bertz CT molecular complexity index is 637. The Labute approximate surface area is 139 Å². The highest BCUT2D eigenvalue weighted by Crippen LogP contribution is 2.25. The van der Waals surface area contributed by atoms with Gasteiger partial charge in [-0.1, -0.05) is 12.1 Å². The maximum atomic E-state index is 12.7. The van der Waals surface area contributed by atoms with Gasteiger partial charge in [0.15, 0.2) is 0 Å². The predicted molar refractivity (Wildman–Crippen MR) is 89.8 cm³/mol. The first-order chi connectivity index (χ1) is 10.8. The van der Waals surface area contributed by atoms with E-state index in [9.17, 15) is 8.42 Å². The van der Waals surface area contributed by atoms with Crippen molar-refractivity contribution in [2.45, 2.75) is 33.4 Å². The normalized spacial score (nSPS) is 20.0. The monoisotopic (exact) mass is 342 g/mol. The number of benzene rings is 1. The summed E-state index contributed by atoms with van der Waals surface area (Å²) < 4.78 is 39.1. The van der Waals surface area contributed by atoms with Crippen molar-refractivity contribution in [3.05, 3.63) is 28.8 Å². The molecule has 0 spiro atoms. The van der Waals surface area contributed by atoms with E-state index in [-0.39, 0.29) is 6.10 Å². The number of rotatable bonds is 5. The summed E-state index contributed by atoms with van der Waals surface area (Å²) in [6.07, 6.45) is -0.0719. The Morgan fingerprint density at radius 2 is 1.96 bits per heavy atom.